The van der Waals surface area contributed by atoms with Crippen molar-refractivity contribution in [1.29, 1.82) is 0 Å². The summed E-state index contributed by atoms with van der Waals surface area (Å²) in [6, 6.07) is 21.7. The highest BCUT2D eigenvalue weighted by molar-refractivity contribution is 6.00. The number of ether oxygens (including phenoxy) is 2. The molecule has 1 N–H and O–H groups in total. The fourth-order valence-electron chi connectivity index (χ4n) is 3.20. The molecular weight excluding hydrogens is 404 g/mol. The lowest BCUT2D eigenvalue weighted by molar-refractivity contribution is 0.0734. The maximum atomic E-state index is 12.5. The number of rotatable bonds is 11. The van der Waals surface area contributed by atoms with Gasteiger partial charge in [-0.15, -0.1) is 0 Å². The zero-order chi connectivity index (χ0) is 22.8. The highest BCUT2D eigenvalue weighted by atomic mass is 16.5. The molecule has 0 bridgehead atoms. The van der Waals surface area contributed by atoms with E-state index in [1.807, 2.05) is 6.07 Å². The minimum absolute atomic E-state index is 0.317. The van der Waals surface area contributed by atoms with Gasteiger partial charge in [0, 0.05) is 5.56 Å². The van der Waals surface area contributed by atoms with Crippen LogP contribution in [-0.4, -0.2) is 23.5 Å². The maximum Gasteiger partial charge on any atom is 0.343 e. The van der Waals surface area contributed by atoms with E-state index in [1.54, 1.807) is 48.5 Å². The van der Waals surface area contributed by atoms with Gasteiger partial charge in [-0.05, 0) is 60.5 Å². The standard InChI is InChI=1S/C27H28O5/c1-2-3-4-8-19-31-23-15-13-22(14-16-23)27(30)32-24-17-11-21(12-18-24)26(29)25(28)20-9-6-5-7-10-20/h5-7,9-18,25,28H,2-4,8,19H2,1H3. The second-order valence-electron chi connectivity index (χ2n) is 7.52. The molecule has 0 radical (unpaired) electrons. The molecule has 0 aliphatic carbocycles. The van der Waals surface area contributed by atoms with Crippen LogP contribution in [0.5, 0.6) is 11.5 Å². The fourth-order valence-corrected chi connectivity index (χ4v) is 3.20. The minimum atomic E-state index is -1.24. The molecule has 3 rings (SSSR count). The fraction of sp³-hybridized carbons (Fsp3) is 0.259. The summed E-state index contributed by atoms with van der Waals surface area (Å²) in [4.78, 5) is 24.9. The van der Waals surface area contributed by atoms with Crippen molar-refractivity contribution < 1.29 is 24.2 Å². The summed E-state index contributed by atoms with van der Waals surface area (Å²) in [6.45, 7) is 2.83. The van der Waals surface area contributed by atoms with E-state index in [0.717, 1.165) is 18.6 Å². The molecule has 0 amide bonds. The van der Waals surface area contributed by atoms with E-state index in [1.165, 1.54) is 37.1 Å². The van der Waals surface area contributed by atoms with Crippen molar-refractivity contribution in [3.63, 3.8) is 0 Å². The van der Waals surface area contributed by atoms with Gasteiger partial charge < -0.3 is 14.6 Å². The summed E-state index contributed by atoms with van der Waals surface area (Å²) in [5, 5.41) is 10.3. The van der Waals surface area contributed by atoms with E-state index in [-0.39, 0.29) is 0 Å². The SMILES string of the molecule is CCCCCCOc1ccc(C(=O)Oc2ccc(C(=O)C(O)c3ccccc3)cc2)cc1. The molecule has 1 atom stereocenters. The lowest BCUT2D eigenvalue weighted by Crippen LogP contribution is -2.12. The smallest absolute Gasteiger partial charge is 0.343 e. The van der Waals surface area contributed by atoms with Crippen LogP contribution in [0.4, 0.5) is 0 Å². The Balaban J connectivity index is 1.53. The average molecular weight is 433 g/mol. The number of Topliss-reactive ketones (excluding diaryl/α,β-unsaturated/α-hetero) is 1. The topological polar surface area (TPSA) is 72.8 Å². The van der Waals surface area contributed by atoms with Crippen LogP contribution in [0, 0.1) is 0 Å². The Labute approximate surface area is 188 Å². The molecule has 0 spiro atoms. The average Bonchev–Trinajstić information content (AvgIpc) is 2.84. The molecule has 0 aliphatic rings. The lowest BCUT2D eigenvalue weighted by atomic mass is 10.00. The van der Waals surface area contributed by atoms with Gasteiger partial charge in [-0.1, -0.05) is 56.5 Å². The van der Waals surface area contributed by atoms with Crippen LogP contribution < -0.4 is 9.47 Å². The molecule has 5 nitrogen and oxygen atoms in total. The molecule has 3 aromatic rings. The van der Waals surface area contributed by atoms with Crippen LogP contribution in [0.3, 0.4) is 0 Å². The van der Waals surface area contributed by atoms with Crippen LogP contribution in [0.25, 0.3) is 0 Å². The normalized spacial score (nSPS) is 11.6. The summed E-state index contributed by atoms with van der Waals surface area (Å²) in [5.41, 5.74) is 1.27. The van der Waals surface area contributed by atoms with Gasteiger partial charge in [0.15, 0.2) is 5.78 Å². The summed E-state index contributed by atoms with van der Waals surface area (Å²) in [7, 11) is 0. The maximum absolute atomic E-state index is 12.5. The van der Waals surface area contributed by atoms with Gasteiger partial charge in [-0.2, -0.15) is 0 Å². The minimum Gasteiger partial charge on any atom is -0.494 e. The molecular formula is C27H28O5. The number of esters is 1. The highest BCUT2D eigenvalue weighted by Gasteiger charge is 2.19. The number of ketones is 1. The first kappa shape index (κ1) is 23.2. The Kier molecular flexibility index (Phi) is 8.58. The Hall–Kier alpha value is -3.44. The number of aliphatic hydroxyl groups excluding tert-OH is 1. The van der Waals surface area contributed by atoms with Gasteiger partial charge in [0.25, 0.3) is 0 Å². The summed E-state index contributed by atoms with van der Waals surface area (Å²) < 4.78 is 11.1. The van der Waals surface area contributed by atoms with Gasteiger partial charge in [0.1, 0.15) is 17.6 Å². The monoisotopic (exact) mass is 432 g/mol. The van der Waals surface area contributed by atoms with Crippen molar-refractivity contribution >= 4 is 11.8 Å². The van der Waals surface area contributed by atoms with E-state index in [4.69, 9.17) is 9.47 Å². The van der Waals surface area contributed by atoms with Crippen LogP contribution in [0.2, 0.25) is 0 Å². The van der Waals surface area contributed by atoms with Gasteiger partial charge in [0.05, 0.1) is 12.2 Å². The first-order valence-corrected chi connectivity index (χ1v) is 10.9. The number of aliphatic hydroxyl groups is 1. The van der Waals surface area contributed by atoms with Gasteiger partial charge in [0.2, 0.25) is 0 Å². The van der Waals surface area contributed by atoms with Gasteiger partial charge >= 0.3 is 5.97 Å². The van der Waals surface area contributed by atoms with Crippen molar-refractivity contribution in [3.05, 3.63) is 95.6 Å². The van der Waals surface area contributed by atoms with E-state index in [2.05, 4.69) is 6.92 Å². The molecule has 3 aromatic carbocycles. The Morgan fingerprint density at radius 2 is 1.41 bits per heavy atom. The predicted molar refractivity (Wildman–Crippen MR) is 123 cm³/mol. The zero-order valence-corrected chi connectivity index (χ0v) is 18.2. The summed E-state index contributed by atoms with van der Waals surface area (Å²) in [5.74, 6) is 0.122. The second-order valence-corrected chi connectivity index (χ2v) is 7.52. The lowest BCUT2D eigenvalue weighted by Gasteiger charge is -2.11. The Morgan fingerprint density at radius 1 is 0.781 bits per heavy atom. The molecule has 5 heteroatoms. The quantitative estimate of drug-likeness (QED) is 0.180. The third-order valence-corrected chi connectivity index (χ3v) is 5.07. The predicted octanol–water partition coefficient (Wildman–Crippen LogP) is 5.78. The van der Waals surface area contributed by atoms with Gasteiger partial charge in [-0.3, -0.25) is 4.79 Å². The molecule has 0 saturated carbocycles. The van der Waals surface area contributed by atoms with E-state index < -0.39 is 17.9 Å². The van der Waals surface area contributed by atoms with Crippen molar-refractivity contribution in [2.24, 2.45) is 0 Å². The zero-order valence-electron chi connectivity index (χ0n) is 18.2. The third-order valence-electron chi connectivity index (χ3n) is 5.07. The van der Waals surface area contributed by atoms with Crippen LogP contribution >= 0.6 is 0 Å². The van der Waals surface area contributed by atoms with Crippen molar-refractivity contribution in [2.45, 2.75) is 38.7 Å². The van der Waals surface area contributed by atoms with E-state index in [9.17, 15) is 14.7 Å². The Morgan fingerprint density at radius 3 is 2.06 bits per heavy atom. The van der Waals surface area contributed by atoms with E-state index in [0.29, 0.717) is 29.0 Å². The third kappa shape index (κ3) is 6.53. The summed E-state index contributed by atoms with van der Waals surface area (Å²) >= 11 is 0. The largest absolute Gasteiger partial charge is 0.494 e. The van der Waals surface area contributed by atoms with Crippen molar-refractivity contribution in [2.75, 3.05) is 6.61 Å². The second kappa shape index (κ2) is 11.8. The van der Waals surface area contributed by atoms with Crippen LogP contribution in [0.1, 0.15) is 65.0 Å². The number of carbonyl (C=O) groups is 2. The number of hydrogen-bond donors (Lipinski definition) is 1. The number of hydrogen-bond acceptors (Lipinski definition) is 5. The molecule has 0 aromatic heterocycles. The first-order chi connectivity index (χ1) is 15.6. The van der Waals surface area contributed by atoms with Crippen LogP contribution in [-0.2, 0) is 0 Å². The number of carbonyl (C=O) groups excluding carboxylic acids is 2. The first-order valence-electron chi connectivity index (χ1n) is 10.9. The van der Waals surface area contributed by atoms with Crippen molar-refractivity contribution in [3.8, 4) is 11.5 Å². The molecule has 0 heterocycles. The van der Waals surface area contributed by atoms with Crippen molar-refractivity contribution in [1.82, 2.24) is 0 Å². The molecule has 0 saturated heterocycles. The molecule has 1 unspecified atom stereocenters. The number of benzene rings is 3. The molecule has 0 aliphatic heterocycles. The van der Waals surface area contributed by atoms with Gasteiger partial charge in [-0.25, -0.2) is 4.79 Å². The molecule has 32 heavy (non-hydrogen) atoms. The molecule has 0 fully saturated rings. The number of unbranched alkanes of at least 4 members (excludes halogenated alkanes) is 3. The molecule has 166 valence electrons. The highest BCUT2D eigenvalue weighted by Crippen LogP contribution is 2.21. The summed E-state index contributed by atoms with van der Waals surface area (Å²) in [6.07, 6.45) is 3.31. The van der Waals surface area contributed by atoms with E-state index >= 15 is 0 Å². The van der Waals surface area contributed by atoms with Crippen LogP contribution in [0.15, 0.2) is 78.9 Å². The Bertz CT molecular complexity index is 994.